The van der Waals surface area contributed by atoms with Gasteiger partial charge in [0.05, 0.1) is 24.5 Å². The number of carbonyl (C=O) groups is 1. The van der Waals surface area contributed by atoms with Crippen molar-refractivity contribution in [1.29, 1.82) is 0 Å². The molecule has 2 aromatic carbocycles. The highest BCUT2D eigenvalue weighted by Crippen LogP contribution is 2.28. The second-order valence-corrected chi connectivity index (χ2v) is 9.57. The minimum atomic E-state index is -1.30. The van der Waals surface area contributed by atoms with Gasteiger partial charge >= 0.3 is 0 Å². The molecule has 1 unspecified atom stereocenters. The summed E-state index contributed by atoms with van der Waals surface area (Å²) in [5, 5.41) is 8.75. The van der Waals surface area contributed by atoms with Crippen LogP contribution in [0.2, 0.25) is 0 Å². The SMILES string of the molecule is COCCN1CCc2ccc(-c3ccc([S+]([O-])N4CC=C(C(=O)NO)CC4)cc3)cc2C1. The molecule has 0 radical (unpaired) electrons. The van der Waals surface area contributed by atoms with Gasteiger partial charge in [-0.25, -0.2) is 5.48 Å². The molecule has 0 saturated heterocycles. The van der Waals surface area contributed by atoms with Gasteiger partial charge in [-0.3, -0.25) is 14.9 Å². The normalized spacial score (nSPS) is 18.0. The highest BCUT2D eigenvalue weighted by atomic mass is 32.2. The fourth-order valence-corrected chi connectivity index (χ4v) is 5.33. The maximum atomic E-state index is 12.9. The van der Waals surface area contributed by atoms with Crippen LogP contribution in [0, 0.1) is 0 Å². The summed E-state index contributed by atoms with van der Waals surface area (Å²) >= 11 is -1.30. The molecule has 4 rings (SSSR count). The standard InChI is InChI=1S/C24H29N3O4S/c1-31-15-14-26-11-8-19-2-3-21(16-22(19)17-26)18-4-6-23(7-5-18)32(30)27-12-9-20(10-13-27)24(28)25-29/h2-7,9,16,29H,8,10-15,17H2,1H3,(H,25,28). The molecule has 1 atom stereocenters. The summed E-state index contributed by atoms with van der Waals surface area (Å²) in [7, 11) is 1.74. The number of ether oxygens (including phenoxy) is 1. The fraction of sp³-hybridized carbons (Fsp3) is 0.375. The molecule has 0 bridgehead atoms. The highest BCUT2D eigenvalue weighted by molar-refractivity contribution is 7.89. The summed E-state index contributed by atoms with van der Waals surface area (Å²) < 4.78 is 20.0. The number of amides is 1. The van der Waals surface area contributed by atoms with E-state index in [1.54, 1.807) is 18.7 Å². The molecule has 32 heavy (non-hydrogen) atoms. The van der Waals surface area contributed by atoms with Crippen LogP contribution in [-0.4, -0.2) is 64.8 Å². The van der Waals surface area contributed by atoms with Crippen LogP contribution < -0.4 is 5.48 Å². The molecule has 170 valence electrons. The second kappa shape index (κ2) is 10.6. The van der Waals surface area contributed by atoms with E-state index in [-0.39, 0.29) is 0 Å². The summed E-state index contributed by atoms with van der Waals surface area (Å²) in [6.45, 7) is 4.59. The molecule has 2 N–H and O–H groups in total. The smallest absolute Gasteiger partial charge is 0.270 e. The number of benzene rings is 2. The van der Waals surface area contributed by atoms with E-state index in [0.29, 0.717) is 25.1 Å². The zero-order valence-electron chi connectivity index (χ0n) is 18.3. The van der Waals surface area contributed by atoms with Crippen molar-refractivity contribution in [2.45, 2.75) is 24.3 Å². The van der Waals surface area contributed by atoms with E-state index in [4.69, 9.17) is 9.94 Å². The third-order valence-electron chi connectivity index (χ3n) is 6.10. The number of methoxy groups -OCH3 is 1. The van der Waals surface area contributed by atoms with E-state index in [1.165, 1.54) is 11.1 Å². The average molecular weight is 456 g/mol. The largest absolute Gasteiger partial charge is 0.593 e. The van der Waals surface area contributed by atoms with Crippen LogP contribution in [0.3, 0.4) is 0 Å². The van der Waals surface area contributed by atoms with Gasteiger partial charge in [-0.1, -0.05) is 18.2 Å². The monoisotopic (exact) mass is 455 g/mol. The molecule has 2 aliphatic rings. The predicted octanol–water partition coefficient (Wildman–Crippen LogP) is 2.52. The van der Waals surface area contributed by atoms with Crippen LogP contribution in [0.5, 0.6) is 0 Å². The lowest BCUT2D eigenvalue weighted by Crippen LogP contribution is -2.37. The fourth-order valence-electron chi connectivity index (χ4n) is 4.20. The van der Waals surface area contributed by atoms with Crippen molar-refractivity contribution in [3.63, 3.8) is 0 Å². The Labute approximate surface area is 191 Å². The Morgan fingerprint density at radius 2 is 1.91 bits per heavy atom. The van der Waals surface area contributed by atoms with Crippen molar-refractivity contribution >= 4 is 17.3 Å². The zero-order valence-corrected chi connectivity index (χ0v) is 19.1. The third-order valence-corrected chi connectivity index (χ3v) is 7.57. The van der Waals surface area contributed by atoms with Crippen LogP contribution in [0.25, 0.3) is 11.1 Å². The number of hydrogen-bond acceptors (Lipinski definition) is 6. The lowest BCUT2D eigenvalue weighted by Gasteiger charge is -2.29. The Balaban J connectivity index is 1.43. The molecular formula is C24H29N3O4S. The maximum Gasteiger partial charge on any atom is 0.270 e. The predicted molar refractivity (Wildman–Crippen MR) is 123 cm³/mol. The Morgan fingerprint density at radius 1 is 1.12 bits per heavy atom. The highest BCUT2D eigenvalue weighted by Gasteiger charge is 2.26. The van der Waals surface area contributed by atoms with Crippen molar-refractivity contribution in [3.8, 4) is 11.1 Å². The Kier molecular flexibility index (Phi) is 7.62. The van der Waals surface area contributed by atoms with E-state index < -0.39 is 17.3 Å². The van der Waals surface area contributed by atoms with E-state index >= 15 is 0 Å². The lowest BCUT2D eigenvalue weighted by molar-refractivity contribution is -0.125. The van der Waals surface area contributed by atoms with Crippen LogP contribution >= 0.6 is 0 Å². The number of nitrogens with zero attached hydrogens (tertiary/aromatic N) is 2. The summed E-state index contributed by atoms with van der Waals surface area (Å²) in [4.78, 5) is 14.7. The zero-order chi connectivity index (χ0) is 22.5. The number of nitrogens with one attached hydrogen (secondary N) is 1. The van der Waals surface area contributed by atoms with Crippen molar-refractivity contribution in [2.75, 3.05) is 39.9 Å². The summed E-state index contributed by atoms with van der Waals surface area (Å²) in [6.07, 6.45) is 3.22. The molecule has 0 aliphatic carbocycles. The first-order valence-corrected chi connectivity index (χ1v) is 11.9. The van der Waals surface area contributed by atoms with Crippen molar-refractivity contribution in [2.24, 2.45) is 0 Å². The van der Waals surface area contributed by atoms with Gasteiger partial charge in [0, 0.05) is 38.9 Å². The topological polar surface area (TPSA) is 88.1 Å². The molecule has 0 aromatic heterocycles. The van der Waals surface area contributed by atoms with E-state index in [0.717, 1.165) is 48.7 Å². The van der Waals surface area contributed by atoms with Gasteiger partial charge in [0.2, 0.25) is 0 Å². The van der Waals surface area contributed by atoms with Crippen molar-refractivity contribution < 1.29 is 19.3 Å². The first-order chi connectivity index (χ1) is 15.6. The van der Waals surface area contributed by atoms with Gasteiger partial charge in [0.15, 0.2) is 4.90 Å². The molecule has 8 heteroatoms. The number of hydrogen-bond donors (Lipinski definition) is 2. The number of hydroxylamine groups is 1. The van der Waals surface area contributed by atoms with Gasteiger partial charge in [-0.2, -0.15) is 0 Å². The van der Waals surface area contributed by atoms with Gasteiger partial charge in [-0.05, 0) is 65.4 Å². The molecule has 7 nitrogen and oxygen atoms in total. The minimum absolute atomic E-state index is 0.404. The molecule has 0 saturated carbocycles. The van der Waals surface area contributed by atoms with Gasteiger partial charge < -0.3 is 9.29 Å². The van der Waals surface area contributed by atoms with Crippen LogP contribution in [-0.2, 0) is 33.9 Å². The van der Waals surface area contributed by atoms with Crippen molar-refractivity contribution in [1.82, 2.24) is 14.7 Å². The van der Waals surface area contributed by atoms with Crippen LogP contribution in [0.15, 0.2) is 59.0 Å². The van der Waals surface area contributed by atoms with Gasteiger partial charge in [-0.15, -0.1) is 4.31 Å². The summed E-state index contributed by atoms with van der Waals surface area (Å²) in [5.74, 6) is -0.494. The third kappa shape index (κ3) is 5.23. The molecule has 0 spiro atoms. The molecule has 2 aromatic rings. The Hall–Kier alpha value is -2.20. The van der Waals surface area contributed by atoms with Crippen molar-refractivity contribution in [3.05, 3.63) is 65.2 Å². The molecule has 1 amide bonds. The number of fused-ring (bicyclic) bond motifs is 1. The Morgan fingerprint density at radius 3 is 2.59 bits per heavy atom. The molecular weight excluding hydrogens is 426 g/mol. The minimum Gasteiger partial charge on any atom is -0.593 e. The van der Waals surface area contributed by atoms with Gasteiger partial charge in [0.25, 0.3) is 5.91 Å². The maximum absolute atomic E-state index is 12.9. The van der Waals surface area contributed by atoms with Crippen LogP contribution in [0.4, 0.5) is 0 Å². The van der Waals surface area contributed by atoms with E-state index in [1.807, 2.05) is 28.6 Å². The van der Waals surface area contributed by atoms with Gasteiger partial charge in [0.1, 0.15) is 0 Å². The van der Waals surface area contributed by atoms with E-state index in [9.17, 15) is 9.35 Å². The quantitative estimate of drug-likeness (QED) is 0.379. The van der Waals surface area contributed by atoms with E-state index in [2.05, 4.69) is 23.1 Å². The molecule has 2 aliphatic heterocycles. The second-order valence-electron chi connectivity index (χ2n) is 8.08. The molecule has 0 fully saturated rings. The first-order valence-electron chi connectivity index (χ1n) is 10.8. The molecule has 2 heterocycles. The summed E-state index contributed by atoms with van der Waals surface area (Å²) in [5.41, 5.74) is 7.20. The average Bonchev–Trinajstić information content (AvgIpc) is 2.86. The summed E-state index contributed by atoms with van der Waals surface area (Å²) in [6, 6.07) is 14.5. The number of rotatable bonds is 7. The lowest BCUT2D eigenvalue weighted by atomic mass is 9.95. The number of carbonyl (C=O) groups excluding carboxylic acids is 1. The van der Waals surface area contributed by atoms with Crippen LogP contribution in [0.1, 0.15) is 17.5 Å². The Bertz CT molecular complexity index is 980. The first kappa shape index (κ1) is 23.0.